The van der Waals surface area contributed by atoms with Gasteiger partial charge in [0, 0.05) is 5.56 Å². The normalized spacial score (nSPS) is 27.2. The lowest BCUT2D eigenvalue weighted by molar-refractivity contribution is -0.134. The minimum atomic E-state index is -0.865. The van der Waals surface area contributed by atoms with E-state index in [-0.39, 0.29) is 23.7 Å². The van der Waals surface area contributed by atoms with E-state index in [4.69, 9.17) is 0 Å². The highest BCUT2D eigenvalue weighted by molar-refractivity contribution is 6.11. The van der Waals surface area contributed by atoms with Crippen molar-refractivity contribution < 1.29 is 14.4 Å². The van der Waals surface area contributed by atoms with Crippen LogP contribution in [0.4, 0.5) is 4.79 Å². The fraction of sp³-hybridized carbons (Fsp3) is 0.591. The molecule has 1 aliphatic heterocycles. The molecule has 146 valence electrons. The summed E-state index contributed by atoms with van der Waals surface area (Å²) in [4.78, 5) is 39.9. The predicted octanol–water partition coefficient (Wildman–Crippen LogP) is 3.93. The molecule has 1 spiro atoms. The molecule has 1 saturated heterocycles. The summed E-state index contributed by atoms with van der Waals surface area (Å²) in [5.41, 5.74) is 2.58. The Morgan fingerprint density at radius 3 is 2.30 bits per heavy atom. The number of Topliss-reactive ketones (excluding diaryl/α,β-unsaturated/α-hetero) is 1. The Morgan fingerprint density at radius 1 is 1.15 bits per heavy atom. The van der Waals surface area contributed by atoms with E-state index >= 15 is 0 Å². The lowest BCUT2D eigenvalue weighted by atomic mass is 9.64. The first kappa shape index (κ1) is 19.6. The number of hydrogen-bond acceptors (Lipinski definition) is 3. The number of ketones is 1. The Labute approximate surface area is 161 Å². The molecule has 1 aromatic carbocycles. The van der Waals surface area contributed by atoms with Crippen LogP contribution in [0.25, 0.3) is 0 Å². The second-order valence-electron chi connectivity index (χ2n) is 9.45. The van der Waals surface area contributed by atoms with Crippen LogP contribution < -0.4 is 5.32 Å². The van der Waals surface area contributed by atoms with Crippen molar-refractivity contribution in [3.05, 3.63) is 34.4 Å². The summed E-state index contributed by atoms with van der Waals surface area (Å²) in [6, 6.07) is 3.47. The minimum absolute atomic E-state index is 0.0231. The number of imide groups is 1. The number of carbonyl (C=O) groups is 3. The first-order valence-corrected chi connectivity index (χ1v) is 9.69. The lowest BCUT2D eigenvalue weighted by Crippen LogP contribution is -2.54. The summed E-state index contributed by atoms with van der Waals surface area (Å²) in [6.45, 7) is 12.0. The van der Waals surface area contributed by atoms with Crippen LogP contribution in [0.5, 0.6) is 0 Å². The molecule has 1 aliphatic carbocycles. The van der Waals surface area contributed by atoms with E-state index in [1.54, 1.807) is 0 Å². The second kappa shape index (κ2) is 6.47. The molecule has 1 N–H and O–H groups in total. The average molecular weight is 370 g/mol. The topological polar surface area (TPSA) is 66.5 Å². The molecule has 5 heteroatoms. The number of amides is 3. The summed E-state index contributed by atoms with van der Waals surface area (Å²) >= 11 is 0. The number of hydrogen-bond donors (Lipinski definition) is 1. The average Bonchev–Trinajstić information content (AvgIpc) is 2.67. The van der Waals surface area contributed by atoms with Crippen LogP contribution in [0.15, 0.2) is 12.1 Å². The third-order valence-corrected chi connectivity index (χ3v) is 5.88. The number of benzene rings is 1. The van der Waals surface area contributed by atoms with Crippen molar-refractivity contribution in [2.75, 3.05) is 6.54 Å². The molecule has 5 nitrogen and oxygen atoms in total. The highest BCUT2D eigenvalue weighted by Crippen LogP contribution is 2.46. The number of carbonyl (C=O) groups excluding carboxylic acids is 3. The van der Waals surface area contributed by atoms with E-state index in [0.29, 0.717) is 24.3 Å². The van der Waals surface area contributed by atoms with Crippen molar-refractivity contribution in [2.45, 2.75) is 66.3 Å². The molecule has 2 aliphatic rings. The maximum atomic E-state index is 13.2. The molecule has 0 radical (unpaired) electrons. The Morgan fingerprint density at radius 2 is 1.74 bits per heavy atom. The van der Waals surface area contributed by atoms with Gasteiger partial charge >= 0.3 is 6.03 Å². The monoisotopic (exact) mass is 370 g/mol. The molecular weight excluding hydrogens is 340 g/mol. The van der Waals surface area contributed by atoms with Gasteiger partial charge in [-0.1, -0.05) is 38.5 Å². The number of rotatable bonds is 3. The van der Waals surface area contributed by atoms with Gasteiger partial charge in [0.15, 0.2) is 5.78 Å². The SMILES string of the molecule is Cc1cc(C)c(C(=O)CN2C(=O)N[C@@]3(C[C@H](C)CC(C)(C)C3)C2=O)c(C)c1. The zero-order valence-corrected chi connectivity index (χ0v) is 17.2. The van der Waals surface area contributed by atoms with E-state index in [1.165, 1.54) is 0 Å². The largest absolute Gasteiger partial charge is 0.325 e. The summed E-state index contributed by atoms with van der Waals surface area (Å²) in [5.74, 6) is -0.0909. The maximum Gasteiger partial charge on any atom is 0.325 e. The first-order chi connectivity index (χ1) is 12.4. The summed E-state index contributed by atoms with van der Waals surface area (Å²) < 4.78 is 0. The Balaban J connectivity index is 1.86. The van der Waals surface area contributed by atoms with Crippen molar-refractivity contribution in [3.8, 4) is 0 Å². The van der Waals surface area contributed by atoms with E-state index in [2.05, 4.69) is 26.1 Å². The number of nitrogens with one attached hydrogen (secondary N) is 1. The Hall–Kier alpha value is -2.17. The lowest BCUT2D eigenvalue weighted by Gasteiger charge is -2.43. The van der Waals surface area contributed by atoms with Crippen molar-refractivity contribution in [2.24, 2.45) is 11.3 Å². The molecule has 27 heavy (non-hydrogen) atoms. The summed E-state index contributed by atoms with van der Waals surface area (Å²) in [5, 5.41) is 2.94. The minimum Gasteiger partial charge on any atom is -0.323 e. The summed E-state index contributed by atoms with van der Waals surface area (Å²) in [7, 11) is 0. The van der Waals surface area contributed by atoms with Crippen LogP contribution >= 0.6 is 0 Å². The third kappa shape index (κ3) is 3.52. The van der Waals surface area contributed by atoms with E-state index in [1.807, 2.05) is 32.9 Å². The number of nitrogens with zero attached hydrogens (tertiary/aromatic N) is 1. The smallest absolute Gasteiger partial charge is 0.323 e. The number of aryl methyl sites for hydroxylation is 3. The second-order valence-corrected chi connectivity index (χ2v) is 9.45. The first-order valence-electron chi connectivity index (χ1n) is 9.69. The van der Waals surface area contributed by atoms with Crippen molar-refractivity contribution in [1.29, 1.82) is 0 Å². The van der Waals surface area contributed by atoms with Gasteiger partial charge in [0.05, 0.1) is 6.54 Å². The zero-order chi connectivity index (χ0) is 20.1. The van der Waals surface area contributed by atoms with Gasteiger partial charge < -0.3 is 5.32 Å². The Bertz CT molecular complexity index is 804. The fourth-order valence-corrected chi connectivity index (χ4v) is 5.49. The van der Waals surface area contributed by atoms with Gasteiger partial charge in [-0.25, -0.2) is 4.79 Å². The Kier molecular flexibility index (Phi) is 4.69. The maximum absolute atomic E-state index is 13.2. The number of urea groups is 1. The van der Waals surface area contributed by atoms with Gasteiger partial charge in [0.2, 0.25) is 0 Å². The molecule has 1 saturated carbocycles. The molecule has 1 heterocycles. The molecule has 2 atom stereocenters. The van der Waals surface area contributed by atoms with Crippen LogP contribution in [0.3, 0.4) is 0 Å². The summed E-state index contributed by atoms with van der Waals surface area (Å²) in [6.07, 6.45) is 2.27. The van der Waals surface area contributed by atoms with Gasteiger partial charge in [0.25, 0.3) is 5.91 Å². The third-order valence-electron chi connectivity index (χ3n) is 5.88. The molecule has 0 bridgehead atoms. The van der Waals surface area contributed by atoms with Crippen LogP contribution in [-0.2, 0) is 4.79 Å². The highest BCUT2D eigenvalue weighted by Gasteiger charge is 2.56. The molecular formula is C22H30N2O3. The van der Waals surface area contributed by atoms with Gasteiger partial charge in [-0.15, -0.1) is 0 Å². The predicted molar refractivity (Wildman–Crippen MR) is 105 cm³/mol. The van der Waals surface area contributed by atoms with Crippen molar-refractivity contribution in [3.63, 3.8) is 0 Å². The van der Waals surface area contributed by atoms with Gasteiger partial charge in [-0.05, 0) is 62.5 Å². The van der Waals surface area contributed by atoms with Gasteiger partial charge in [-0.3, -0.25) is 14.5 Å². The standard InChI is InChI=1S/C22H30N2O3/c1-13-7-15(3)18(16(4)8-13)17(25)11-24-19(26)22(23-20(24)27)10-14(2)9-21(5,6)12-22/h7-8,14H,9-12H2,1-6H3,(H,23,27)/t14-,22-/m1/s1. The molecule has 3 amide bonds. The van der Waals surface area contributed by atoms with Gasteiger partial charge in [0.1, 0.15) is 5.54 Å². The zero-order valence-electron chi connectivity index (χ0n) is 17.2. The molecule has 0 unspecified atom stereocenters. The molecule has 3 rings (SSSR count). The van der Waals surface area contributed by atoms with Crippen molar-refractivity contribution >= 4 is 17.7 Å². The van der Waals surface area contributed by atoms with E-state index in [0.717, 1.165) is 28.0 Å². The molecule has 0 aromatic heterocycles. The van der Waals surface area contributed by atoms with E-state index in [9.17, 15) is 14.4 Å². The fourth-order valence-electron chi connectivity index (χ4n) is 5.49. The van der Waals surface area contributed by atoms with E-state index < -0.39 is 11.6 Å². The van der Waals surface area contributed by atoms with Crippen molar-refractivity contribution in [1.82, 2.24) is 10.2 Å². The molecule has 1 aromatic rings. The van der Waals surface area contributed by atoms with Crippen LogP contribution in [-0.4, -0.2) is 34.7 Å². The highest BCUT2D eigenvalue weighted by atomic mass is 16.2. The quantitative estimate of drug-likeness (QED) is 0.647. The molecule has 2 fully saturated rings. The van der Waals surface area contributed by atoms with Crippen LogP contribution in [0.1, 0.15) is 67.1 Å². The van der Waals surface area contributed by atoms with Crippen LogP contribution in [0, 0.1) is 32.1 Å². The van der Waals surface area contributed by atoms with Crippen LogP contribution in [0.2, 0.25) is 0 Å². The van der Waals surface area contributed by atoms with Gasteiger partial charge in [-0.2, -0.15) is 0 Å².